The first kappa shape index (κ1) is 26.3. The first-order chi connectivity index (χ1) is 16.9. The van der Waals surface area contributed by atoms with Crippen molar-refractivity contribution in [1.29, 1.82) is 5.26 Å². The molecule has 5 nitrogen and oxygen atoms in total. The molecule has 5 aliphatic carbocycles. The molecule has 0 heterocycles. The van der Waals surface area contributed by atoms with Crippen molar-refractivity contribution in [3.05, 3.63) is 23.3 Å². The van der Waals surface area contributed by atoms with Crippen LogP contribution in [-0.4, -0.2) is 28.3 Å². The van der Waals surface area contributed by atoms with Gasteiger partial charge in [0.2, 0.25) is 0 Å². The van der Waals surface area contributed by atoms with Crippen LogP contribution in [0.3, 0.4) is 0 Å². The molecule has 0 radical (unpaired) electrons. The van der Waals surface area contributed by atoms with Gasteiger partial charge in [0.05, 0.1) is 11.0 Å². The largest absolute Gasteiger partial charge is 0.481 e. The Bertz CT molecular complexity index is 1240. The molecule has 5 aliphatic rings. The minimum Gasteiger partial charge on any atom is -0.481 e. The van der Waals surface area contributed by atoms with Crippen LogP contribution < -0.4 is 0 Å². The van der Waals surface area contributed by atoms with Gasteiger partial charge < -0.3 is 5.11 Å². The summed E-state index contributed by atoms with van der Waals surface area (Å²) in [4.78, 5) is 40.1. The number of allylic oxidation sites excluding steroid dienone is 4. The summed E-state index contributed by atoms with van der Waals surface area (Å²) in [5.41, 5.74) is -6.24. The number of rotatable bonds is 1. The highest BCUT2D eigenvalue weighted by Gasteiger charge is 2.78. The van der Waals surface area contributed by atoms with E-state index >= 15 is 4.39 Å². The molecule has 0 amide bonds. The molecule has 3 saturated carbocycles. The Morgan fingerprint density at radius 3 is 2.22 bits per heavy atom. The van der Waals surface area contributed by atoms with Crippen molar-refractivity contribution in [2.45, 2.75) is 99.1 Å². The predicted molar refractivity (Wildman–Crippen MR) is 137 cm³/mol. The van der Waals surface area contributed by atoms with Crippen LogP contribution in [0.1, 0.15) is 93.4 Å². The molecule has 6 heteroatoms. The number of nitriles is 1. The molecule has 200 valence electrons. The summed E-state index contributed by atoms with van der Waals surface area (Å²) < 4.78 is 18.0. The SMILES string of the molecule is CC1(C)CC[C@]2(C(=O)O)CC[C@@]3(C)[C@]4(C)CC[C@H]5C(C)(C)C(=O)C(C#N)=C[C@]5(C)C4=CC(=O)[C@]3(F)C2C1. The number of alkyl halides is 1. The number of carboxylic acids is 1. The molecule has 0 aliphatic heterocycles. The van der Waals surface area contributed by atoms with Crippen molar-refractivity contribution in [2.24, 2.45) is 44.3 Å². The van der Waals surface area contributed by atoms with Gasteiger partial charge in [0.25, 0.3) is 0 Å². The lowest BCUT2D eigenvalue weighted by Crippen LogP contribution is -2.73. The molecule has 0 bridgehead atoms. The van der Waals surface area contributed by atoms with Gasteiger partial charge >= 0.3 is 5.97 Å². The second kappa shape index (κ2) is 7.21. The lowest BCUT2D eigenvalue weighted by atomic mass is 9.33. The van der Waals surface area contributed by atoms with Crippen LogP contribution >= 0.6 is 0 Å². The molecule has 0 saturated heterocycles. The summed E-state index contributed by atoms with van der Waals surface area (Å²) in [5.74, 6) is -2.81. The van der Waals surface area contributed by atoms with Gasteiger partial charge in [-0.15, -0.1) is 0 Å². The zero-order valence-corrected chi connectivity index (χ0v) is 23.3. The number of halogens is 1. The van der Waals surface area contributed by atoms with Crippen LogP contribution in [0.5, 0.6) is 0 Å². The zero-order valence-electron chi connectivity index (χ0n) is 23.3. The van der Waals surface area contributed by atoms with E-state index < -0.39 is 50.4 Å². The molecule has 0 aromatic heterocycles. The molecular formula is C31H40FNO4. The average molecular weight is 510 g/mol. The van der Waals surface area contributed by atoms with Crippen molar-refractivity contribution >= 4 is 17.5 Å². The summed E-state index contributed by atoms with van der Waals surface area (Å²) in [7, 11) is 0. The Labute approximate surface area is 219 Å². The van der Waals surface area contributed by atoms with Crippen molar-refractivity contribution in [2.75, 3.05) is 0 Å². The highest BCUT2D eigenvalue weighted by molar-refractivity contribution is 6.05. The molecule has 3 fully saturated rings. The standard InChI is InChI=1S/C31H40FNO4/c1-25(2)10-12-30(24(36)37)13-11-29(7)28(6)9-8-19-26(3,4)23(35)18(17-33)15-27(19,5)20(28)14-22(34)31(29,32)21(30)16-25/h14-15,19,21H,8-13,16H2,1-7H3,(H,36,37)/t19-,21?,27-,28+,29-,30-,31+/m0/s1. The van der Waals surface area contributed by atoms with Crippen molar-refractivity contribution in [3.63, 3.8) is 0 Å². The fraction of sp³-hybridized carbons (Fsp3) is 0.742. The fourth-order valence-electron chi connectivity index (χ4n) is 9.95. The van der Waals surface area contributed by atoms with E-state index in [1.807, 2.05) is 48.5 Å². The van der Waals surface area contributed by atoms with Gasteiger partial charge in [-0.1, -0.05) is 54.5 Å². The maximum Gasteiger partial charge on any atom is 0.310 e. The van der Waals surface area contributed by atoms with E-state index in [2.05, 4.69) is 6.07 Å². The van der Waals surface area contributed by atoms with Crippen molar-refractivity contribution in [1.82, 2.24) is 0 Å². The van der Waals surface area contributed by atoms with E-state index in [0.29, 0.717) is 44.9 Å². The summed E-state index contributed by atoms with van der Waals surface area (Å²) in [6, 6.07) is 2.08. The molecule has 5 rings (SSSR count). The summed E-state index contributed by atoms with van der Waals surface area (Å²) in [6.45, 7) is 13.8. The van der Waals surface area contributed by atoms with Gasteiger partial charge in [0, 0.05) is 22.2 Å². The molecule has 1 unspecified atom stereocenters. The Balaban J connectivity index is 1.76. The molecule has 0 aromatic rings. The first-order valence-electron chi connectivity index (χ1n) is 13.7. The molecule has 37 heavy (non-hydrogen) atoms. The Hall–Kier alpha value is -2.29. The summed E-state index contributed by atoms with van der Waals surface area (Å²) >= 11 is 0. The molecule has 1 N–H and O–H groups in total. The lowest BCUT2D eigenvalue weighted by Gasteiger charge is -2.70. The van der Waals surface area contributed by atoms with Crippen LogP contribution in [0, 0.1) is 55.7 Å². The third-order valence-corrected chi connectivity index (χ3v) is 12.4. The maximum absolute atomic E-state index is 18.0. The minimum absolute atomic E-state index is 0.103. The highest BCUT2D eigenvalue weighted by atomic mass is 19.1. The Kier molecular flexibility index (Phi) is 5.13. The number of aliphatic carboxylic acids is 1. The molecular weight excluding hydrogens is 469 g/mol. The van der Waals surface area contributed by atoms with Crippen LogP contribution in [0.25, 0.3) is 0 Å². The lowest BCUT2D eigenvalue weighted by molar-refractivity contribution is -0.223. The minimum atomic E-state index is -2.30. The number of carbonyl (C=O) groups excluding carboxylic acids is 2. The van der Waals surface area contributed by atoms with Gasteiger partial charge in [0.15, 0.2) is 17.2 Å². The van der Waals surface area contributed by atoms with Crippen molar-refractivity contribution < 1.29 is 23.9 Å². The number of Topliss-reactive ketones (excluding diaryl/α,β-unsaturated/α-hetero) is 1. The normalized spacial score (nSPS) is 47.8. The van der Waals surface area contributed by atoms with Crippen LogP contribution in [0.15, 0.2) is 23.3 Å². The van der Waals surface area contributed by atoms with E-state index in [9.17, 15) is 24.8 Å². The quantitative estimate of drug-likeness (QED) is 0.442. The van der Waals surface area contributed by atoms with E-state index in [1.165, 1.54) is 6.08 Å². The third-order valence-electron chi connectivity index (χ3n) is 12.4. The smallest absolute Gasteiger partial charge is 0.310 e. The number of nitrogens with zero attached hydrogens (tertiary/aromatic N) is 1. The van der Waals surface area contributed by atoms with Gasteiger partial charge in [-0.3, -0.25) is 14.4 Å². The fourth-order valence-corrected chi connectivity index (χ4v) is 9.95. The van der Waals surface area contributed by atoms with E-state index in [1.54, 1.807) is 6.08 Å². The highest BCUT2D eigenvalue weighted by Crippen LogP contribution is 2.76. The van der Waals surface area contributed by atoms with Gasteiger partial charge in [0.1, 0.15) is 6.07 Å². The number of fused-ring (bicyclic) bond motifs is 7. The summed E-state index contributed by atoms with van der Waals surface area (Å²) in [6.07, 6.45) is 6.59. The number of hydrogen-bond donors (Lipinski definition) is 1. The van der Waals surface area contributed by atoms with Gasteiger partial charge in [-0.25, -0.2) is 4.39 Å². The second-order valence-electron chi connectivity index (χ2n) is 14.8. The zero-order chi connectivity index (χ0) is 27.6. The second-order valence-corrected chi connectivity index (χ2v) is 14.8. The van der Waals surface area contributed by atoms with Crippen molar-refractivity contribution in [3.8, 4) is 6.07 Å². The molecule has 7 atom stereocenters. The Morgan fingerprint density at radius 1 is 1.00 bits per heavy atom. The van der Waals surface area contributed by atoms with Gasteiger partial charge in [-0.2, -0.15) is 5.26 Å². The number of hydrogen-bond acceptors (Lipinski definition) is 4. The van der Waals surface area contributed by atoms with E-state index in [-0.39, 0.29) is 22.7 Å². The average Bonchev–Trinajstić information content (AvgIpc) is 2.80. The van der Waals surface area contributed by atoms with Gasteiger partial charge in [-0.05, 0) is 73.3 Å². The summed E-state index contributed by atoms with van der Waals surface area (Å²) in [5, 5.41) is 20.2. The topological polar surface area (TPSA) is 95.2 Å². The molecule has 0 spiro atoms. The number of carbonyl (C=O) groups is 3. The van der Waals surface area contributed by atoms with Crippen LogP contribution in [0.4, 0.5) is 4.39 Å². The maximum atomic E-state index is 18.0. The monoisotopic (exact) mass is 509 g/mol. The number of carboxylic acid groups (broad SMARTS) is 1. The van der Waals surface area contributed by atoms with E-state index in [4.69, 9.17) is 0 Å². The predicted octanol–water partition coefficient (Wildman–Crippen LogP) is 6.38. The van der Waals surface area contributed by atoms with Crippen LogP contribution in [0.2, 0.25) is 0 Å². The van der Waals surface area contributed by atoms with Crippen LogP contribution in [-0.2, 0) is 14.4 Å². The third kappa shape index (κ3) is 2.82. The Morgan fingerprint density at radius 2 is 1.62 bits per heavy atom. The first-order valence-corrected chi connectivity index (χ1v) is 13.7. The van der Waals surface area contributed by atoms with E-state index in [0.717, 1.165) is 5.57 Å². The molecule has 0 aromatic carbocycles. The number of ketones is 2.